The number of nitrogens with one attached hydrogen (secondary N) is 3. The molecule has 2 aromatic rings. The van der Waals surface area contributed by atoms with Crippen molar-refractivity contribution >= 4 is 11.6 Å². The standard InChI is InChI=1S/C14H19N5O/c1-10-16-14(19-18-10)11-5-7-12(8-6-11)17-13(20)4-3-9-15-2/h5-8,15H,3-4,9H2,1-2H3,(H,17,20)(H,16,18,19). The first kappa shape index (κ1) is 14.2. The molecular formula is C14H19N5O. The summed E-state index contributed by atoms with van der Waals surface area (Å²) in [6.07, 6.45) is 1.35. The lowest BCUT2D eigenvalue weighted by atomic mass is 10.2. The van der Waals surface area contributed by atoms with Crippen molar-refractivity contribution in [2.24, 2.45) is 0 Å². The molecule has 1 heterocycles. The van der Waals surface area contributed by atoms with Crippen molar-refractivity contribution < 1.29 is 4.79 Å². The van der Waals surface area contributed by atoms with Gasteiger partial charge in [-0.3, -0.25) is 9.89 Å². The minimum Gasteiger partial charge on any atom is -0.326 e. The number of hydrogen-bond donors (Lipinski definition) is 3. The molecule has 6 heteroatoms. The van der Waals surface area contributed by atoms with E-state index in [-0.39, 0.29) is 5.91 Å². The number of aryl methyl sites for hydroxylation is 1. The molecule has 0 radical (unpaired) electrons. The molecule has 2 rings (SSSR count). The first-order valence-corrected chi connectivity index (χ1v) is 6.63. The molecule has 1 amide bonds. The number of rotatable bonds is 6. The molecule has 0 atom stereocenters. The van der Waals surface area contributed by atoms with Crippen LogP contribution in [-0.2, 0) is 4.79 Å². The summed E-state index contributed by atoms with van der Waals surface area (Å²) in [7, 11) is 1.88. The predicted molar refractivity (Wildman–Crippen MR) is 78.3 cm³/mol. The Balaban J connectivity index is 1.93. The van der Waals surface area contributed by atoms with Crippen LogP contribution < -0.4 is 10.6 Å². The Bertz CT molecular complexity index is 561. The average Bonchev–Trinajstić information content (AvgIpc) is 2.86. The van der Waals surface area contributed by atoms with Crippen molar-refractivity contribution in [3.8, 4) is 11.4 Å². The van der Waals surface area contributed by atoms with Gasteiger partial charge in [0.1, 0.15) is 5.82 Å². The number of aromatic nitrogens is 3. The number of amides is 1. The zero-order chi connectivity index (χ0) is 14.4. The Labute approximate surface area is 118 Å². The quantitative estimate of drug-likeness (QED) is 0.700. The molecule has 0 aliphatic rings. The second kappa shape index (κ2) is 6.81. The third kappa shape index (κ3) is 3.89. The molecule has 6 nitrogen and oxygen atoms in total. The van der Waals surface area contributed by atoms with Crippen LogP contribution >= 0.6 is 0 Å². The highest BCUT2D eigenvalue weighted by molar-refractivity contribution is 5.90. The van der Waals surface area contributed by atoms with Gasteiger partial charge >= 0.3 is 0 Å². The fourth-order valence-electron chi connectivity index (χ4n) is 1.82. The van der Waals surface area contributed by atoms with Crippen LogP contribution in [-0.4, -0.2) is 34.7 Å². The molecule has 0 unspecified atom stereocenters. The maximum absolute atomic E-state index is 11.7. The van der Waals surface area contributed by atoms with Crippen molar-refractivity contribution in [1.82, 2.24) is 20.5 Å². The largest absolute Gasteiger partial charge is 0.326 e. The molecule has 0 saturated carbocycles. The van der Waals surface area contributed by atoms with E-state index in [4.69, 9.17) is 0 Å². The topological polar surface area (TPSA) is 82.7 Å². The van der Waals surface area contributed by atoms with Crippen LogP contribution in [0.3, 0.4) is 0 Å². The van der Waals surface area contributed by atoms with Crippen LogP contribution in [0.5, 0.6) is 0 Å². The normalized spacial score (nSPS) is 10.5. The molecule has 0 aliphatic carbocycles. The minimum absolute atomic E-state index is 0.0294. The molecule has 0 spiro atoms. The molecule has 0 bridgehead atoms. The summed E-state index contributed by atoms with van der Waals surface area (Å²) in [5.41, 5.74) is 1.71. The molecular weight excluding hydrogens is 254 g/mol. The minimum atomic E-state index is 0.0294. The van der Waals surface area contributed by atoms with E-state index in [1.807, 2.05) is 38.2 Å². The van der Waals surface area contributed by atoms with Crippen molar-refractivity contribution in [2.45, 2.75) is 19.8 Å². The van der Waals surface area contributed by atoms with Gasteiger partial charge in [0, 0.05) is 17.7 Å². The van der Waals surface area contributed by atoms with Crippen molar-refractivity contribution in [3.05, 3.63) is 30.1 Å². The van der Waals surface area contributed by atoms with Crippen LogP contribution in [0.25, 0.3) is 11.4 Å². The summed E-state index contributed by atoms with van der Waals surface area (Å²) in [5, 5.41) is 12.8. The number of H-pyrrole nitrogens is 1. The van der Waals surface area contributed by atoms with Gasteiger partial charge in [-0.2, -0.15) is 5.10 Å². The highest BCUT2D eigenvalue weighted by Gasteiger charge is 2.05. The second-order valence-corrected chi connectivity index (χ2v) is 4.58. The number of aromatic amines is 1. The van der Waals surface area contributed by atoms with Crippen molar-refractivity contribution in [3.63, 3.8) is 0 Å². The van der Waals surface area contributed by atoms with Gasteiger partial charge in [-0.15, -0.1) is 0 Å². The lowest BCUT2D eigenvalue weighted by molar-refractivity contribution is -0.116. The Morgan fingerprint density at radius 2 is 2.05 bits per heavy atom. The van der Waals surface area contributed by atoms with Crippen molar-refractivity contribution in [1.29, 1.82) is 0 Å². The molecule has 1 aromatic carbocycles. The van der Waals surface area contributed by atoms with E-state index in [9.17, 15) is 4.79 Å². The van der Waals surface area contributed by atoms with E-state index in [0.29, 0.717) is 12.2 Å². The number of carbonyl (C=O) groups excluding carboxylic acids is 1. The van der Waals surface area contributed by atoms with Crippen LogP contribution in [0.4, 0.5) is 5.69 Å². The molecule has 106 valence electrons. The Morgan fingerprint density at radius 3 is 2.65 bits per heavy atom. The van der Waals surface area contributed by atoms with Crippen LogP contribution in [0.2, 0.25) is 0 Å². The van der Waals surface area contributed by atoms with E-state index in [2.05, 4.69) is 25.8 Å². The third-order valence-corrected chi connectivity index (χ3v) is 2.85. The van der Waals surface area contributed by atoms with Gasteiger partial charge in [-0.05, 0) is 51.2 Å². The molecule has 20 heavy (non-hydrogen) atoms. The Morgan fingerprint density at radius 1 is 1.30 bits per heavy atom. The fourth-order valence-corrected chi connectivity index (χ4v) is 1.82. The SMILES string of the molecule is CNCCCC(=O)Nc1ccc(-c2n[nH]c(C)n2)cc1. The Hall–Kier alpha value is -2.21. The molecule has 3 N–H and O–H groups in total. The van der Waals surface area contributed by atoms with E-state index < -0.39 is 0 Å². The van der Waals surface area contributed by atoms with E-state index in [0.717, 1.165) is 30.0 Å². The first-order valence-electron chi connectivity index (χ1n) is 6.63. The Kier molecular flexibility index (Phi) is 4.84. The van der Waals surface area contributed by atoms with Gasteiger partial charge in [0.2, 0.25) is 5.91 Å². The number of benzene rings is 1. The second-order valence-electron chi connectivity index (χ2n) is 4.58. The zero-order valence-corrected chi connectivity index (χ0v) is 11.7. The van der Waals surface area contributed by atoms with Crippen LogP contribution in [0, 0.1) is 6.92 Å². The number of hydrogen-bond acceptors (Lipinski definition) is 4. The highest BCUT2D eigenvalue weighted by atomic mass is 16.1. The fraction of sp³-hybridized carbons (Fsp3) is 0.357. The summed E-state index contributed by atoms with van der Waals surface area (Å²) in [5.74, 6) is 1.47. The van der Waals surface area contributed by atoms with Gasteiger partial charge in [0.25, 0.3) is 0 Å². The van der Waals surface area contributed by atoms with E-state index in [1.54, 1.807) is 0 Å². The summed E-state index contributed by atoms with van der Waals surface area (Å²) in [6.45, 7) is 2.70. The molecule has 0 fully saturated rings. The van der Waals surface area contributed by atoms with Gasteiger partial charge < -0.3 is 10.6 Å². The van der Waals surface area contributed by atoms with Gasteiger partial charge in [-0.25, -0.2) is 4.98 Å². The summed E-state index contributed by atoms with van der Waals surface area (Å²) in [4.78, 5) is 15.9. The van der Waals surface area contributed by atoms with Gasteiger partial charge in [-0.1, -0.05) is 0 Å². The van der Waals surface area contributed by atoms with E-state index >= 15 is 0 Å². The van der Waals surface area contributed by atoms with Gasteiger partial charge in [0.05, 0.1) is 0 Å². The van der Waals surface area contributed by atoms with Gasteiger partial charge in [0.15, 0.2) is 5.82 Å². The summed E-state index contributed by atoms with van der Waals surface area (Å²) < 4.78 is 0. The lowest BCUT2D eigenvalue weighted by Gasteiger charge is -2.05. The molecule has 0 aliphatic heterocycles. The van der Waals surface area contributed by atoms with Crippen LogP contribution in [0.15, 0.2) is 24.3 Å². The summed E-state index contributed by atoms with van der Waals surface area (Å²) in [6, 6.07) is 7.51. The molecule has 0 saturated heterocycles. The smallest absolute Gasteiger partial charge is 0.224 e. The maximum Gasteiger partial charge on any atom is 0.224 e. The highest BCUT2D eigenvalue weighted by Crippen LogP contribution is 2.17. The number of carbonyl (C=O) groups is 1. The zero-order valence-electron chi connectivity index (χ0n) is 11.7. The molecule has 1 aromatic heterocycles. The average molecular weight is 273 g/mol. The van der Waals surface area contributed by atoms with Crippen molar-refractivity contribution in [2.75, 3.05) is 18.9 Å². The maximum atomic E-state index is 11.7. The number of anilines is 1. The monoisotopic (exact) mass is 273 g/mol. The van der Waals surface area contributed by atoms with E-state index in [1.165, 1.54) is 0 Å². The predicted octanol–water partition coefficient (Wildman–Crippen LogP) is 1.72. The third-order valence-electron chi connectivity index (χ3n) is 2.85. The summed E-state index contributed by atoms with van der Waals surface area (Å²) >= 11 is 0. The lowest BCUT2D eigenvalue weighted by Crippen LogP contribution is -2.15. The van der Waals surface area contributed by atoms with Crippen LogP contribution in [0.1, 0.15) is 18.7 Å². The number of nitrogens with zero attached hydrogens (tertiary/aromatic N) is 2. The first-order chi connectivity index (χ1) is 9.69.